The van der Waals surface area contributed by atoms with Gasteiger partial charge >= 0.3 is 5.97 Å². The topological polar surface area (TPSA) is 54.8 Å². The Labute approximate surface area is 208 Å². The molecule has 184 valence electrons. The van der Waals surface area contributed by atoms with Gasteiger partial charge in [-0.15, -0.1) is 0 Å². The number of carbonyl (C=O) groups is 2. The number of hydrogen-bond donors (Lipinski definition) is 0. The monoisotopic (exact) mass is 473 g/mol. The summed E-state index contributed by atoms with van der Waals surface area (Å²) in [6, 6.07) is 20.6. The van der Waals surface area contributed by atoms with E-state index in [9.17, 15) is 9.59 Å². The zero-order valence-electron chi connectivity index (χ0n) is 20.8. The first kappa shape index (κ1) is 24.7. The fraction of sp³-hybridized carbons (Fsp3) is 0.379. The van der Waals surface area contributed by atoms with Crippen LogP contribution in [0.15, 0.2) is 66.9 Å². The molecule has 3 aromatic rings. The summed E-state index contributed by atoms with van der Waals surface area (Å²) < 4.78 is 7.27. The van der Waals surface area contributed by atoms with E-state index in [0.29, 0.717) is 25.1 Å². The smallest absolute Gasteiger partial charge is 0.339 e. The predicted molar refractivity (Wildman–Crippen MR) is 138 cm³/mol. The van der Waals surface area contributed by atoms with Crippen LogP contribution in [0, 0.1) is 6.92 Å². The molecule has 6 heteroatoms. The van der Waals surface area contributed by atoms with Gasteiger partial charge in [0, 0.05) is 57.6 Å². The van der Waals surface area contributed by atoms with Crippen LogP contribution in [0.2, 0.25) is 0 Å². The average Bonchev–Trinajstić information content (AvgIpc) is 3.30. The van der Waals surface area contributed by atoms with Crippen molar-refractivity contribution in [3.05, 3.63) is 83.6 Å². The van der Waals surface area contributed by atoms with Crippen LogP contribution in [0.25, 0.3) is 11.3 Å². The van der Waals surface area contributed by atoms with E-state index in [1.165, 1.54) is 11.1 Å². The third-order valence-corrected chi connectivity index (χ3v) is 6.52. The van der Waals surface area contributed by atoms with Crippen molar-refractivity contribution in [3.63, 3.8) is 0 Å². The Morgan fingerprint density at radius 2 is 1.66 bits per heavy atom. The Hall–Kier alpha value is -3.38. The summed E-state index contributed by atoms with van der Waals surface area (Å²) >= 11 is 0. The molecule has 0 radical (unpaired) electrons. The molecular formula is C29H35N3O3. The number of aromatic nitrogens is 1. The van der Waals surface area contributed by atoms with Crippen molar-refractivity contribution in [3.8, 4) is 11.3 Å². The summed E-state index contributed by atoms with van der Waals surface area (Å²) in [7, 11) is 0. The van der Waals surface area contributed by atoms with Crippen molar-refractivity contribution in [2.75, 3.05) is 32.8 Å². The van der Waals surface area contributed by atoms with E-state index >= 15 is 0 Å². The minimum atomic E-state index is -0.316. The SMILES string of the molecule is CCOC(=O)c1cc(-c2ccc(C)cc2)n(CCCC(=O)N2CCN(Cc3ccccc3)CC2)c1. The number of ether oxygens (including phenoxy) is 1. The minimum Gasteiger partial charge on any atom is -0.462 e. The average molecular weight is 474 g/mol. The number of esters is 1. The van der Waals surface area contributed by atoms with Gasteiger partial charge in [-0.05, 0) is 37.5 Å². The zero-order valence-corrected chi connectivity index (χ0v) is 20.8. The molecule has 0 atom stereocenters. The fourth-order valence-electron chi connectivity index (χ4n) is 4.55. The van der Waals surface area contributed by atoms with E-state index in [-0.39, 0.29) is 11.9 Å². The van der Waals surface area contributed by atoms with Crippen molar-refractivity contribution in [2.24, 2.45) is 0 Å². The van der Waals surface area contributed by atoms with E-state index in [1.807, 2.05) is 30.2 Å². The molecule has 0 bridgehead atoms. The van der Waals surface area contributed by atoms with Gasteiger partial charge < -0.3 is 14.2 Å². The van der Waals surface area contributed by atoms with E-state index < -0.39 is 0 Å². The summed E-state index contributed by atoms with van der Waals surface area (Å²) in [5.74, 6) is -0.108. The van der Waals surface area contributed by atoms with Gasteiger partial charge in [0.1, 0.15) is 0 Å². The molecule has 1 aliphatic rings. The first-order valence-corrected chi connectivity index (χ1v) is 12.5. The fourth-order valence-corrected chi connectivity index (χ4v) is 4.55. The number of amides is 1. The molecule has 1 aromatic heterocycles. The molecule has 0 N–H and O–H groups in total. The molecule has 2 heterocycles. The summed E-state index contributed by atoms with van der Waals surface area (Å²) in [4.78, 5) is 29.6. The second kappa shape index (κ2) is 11.8. The summed E-state index contributed by atoms with van der Waals surface area (Å²) in [6.07, 6.45) is 3.07. The lowest BCUT2D eigenvalue weighted by Crippen LogP contribution is -2.48. The second-order valence-corrected chi connectivity index (χ2v) is 9.14. The van der Waals surface area contributed by atoms with Crippen LogP contribution in [0.3, 0.4) is 0 Å². The Morgan fingerprint density at radius 3 is 2.34 bits per heavy atom. The molecule has 0 saturated carbocycles. The Bertz CT molecular complexity index is 1110. The number of aryl methyl sites for hydroxylation is 2. The van der Waals surface area contributed by atoms with Crippen LogP contribution < -0.4 is 0 Å². The molecular weight excluding hydrogens is 438 g/mol. The van der Waals surface area contributed by atoms with Gasteiger partial charge in [-0.3, -0.25) is 9.69 Å². The lowest BCUT2D eigenvalue weighted by atomic mass is 10.1. The summed E-state index contributed by atoms with van der Waals surface area (Å²) in [6.45, 7) is 9.16. The number of hydrogen-bond acceptors (Lipinski definition) is 4. The van der Waals surface area contributed by atoms with Crippen molar-refractivity contribution >= 4 is 11.9 Å². The lowest BCUT2D eigenvalue weighted by Gasteiger charge is -2.34. The maximum absolute atomic E-state index is 12.9. The quantitative estimate of drug-likeness (QED) is 0.420. The molecule has 0 aliphatic carbocycles. The number of piperazine rings is 1. The van der Waals surface area contributed by atoms with Crippen LogP contribution in [0.4, 0.5) is 0 Å². The zero-order chi connectivity index (χ0) is 24.6. The third-order valence-electron chi connectivity index (χ3n) is 6.52. The number of carbonyl (C=O) groups excluding carboxylic acids is 2. The molecule has 35 heavy (non-hydrogen) atoms. The molecule has 1 fully saturated rings. The predicted octanol–water partition coefficient (Wildman–Crippen LogP) is 4.76. The van der Waals surface area contributed by atoms with Crippen LogP contribution >= 0.6 is 0 Å². The van der Waals surface area contributed by atoms with Crippen LogP contribution in [0.5, 0.6) is 0 Å². The van der Waals surface area contributed by atoms with Gasteiger partial charge in [0.2, 0.25) is 5.91 Å². The van der Waals surface area contributed by atoms with Gasteiger partial charge in [-0.1, -0.05) is 60.2 Å². The maximum Gasteiger partial charge on any atom is 0.339 e. The largest absolute Gasteiger partial charge is 0.462 e. The molecule has 0 unspecified atom stereocenters. The van der Waals surface area contributed by atoms with E-state index in [1.54, 1.807) is 0 Å². The van der Waals surface area contributed by atoms with Crippen molar-refractivity contribution in [1.29, 1.82) is 0 Å². The van der Waals surface area contributed by atoms with Crippen molar-refractivity contribution in [1.82, 2.24) is 14.4 Å². The van der Waals surface area contributed by atoms with Crippen LogP contribution in [0.1, 0.15) is 41.3 Å². The Morgan fingerprint density at radius 1 is 0.943 bits per heavy atom. The summed E-state index contributed by atoms with van der Waals surface area (Å²) in [5.41, 5.74) is 5.06. The van der Waals surface area contributed by atoms with Crippen molar-refractivity contribution in [2.45, 2.75) is 39.8 Å². The first-order chi connectivity index (χ1) is 17.0. The van der Waals surface area contributed by atoms with Gasteiger partial charge in [0.05, 0.1) is 12.2 Å². The minimum absolute atomic E-state index is 0.207. The summed E-state index contributed by atoms with van der Waals surface area (Å²) in [5, 5.41) is 0. The highest BCUT2D eigenvalue weighted by atomic mass is 16.5. The van der Waals surface area contributed by atoms with Gasteiger partial charge in [0.15, 0.2) is 0 Å². The number of benzene rings is 2. The first-order valence-electron chi connectivity index (χ1n) is 12.5. The van der Waals surface area contributed by atoms with Gasteiger partial charge in [-0.2, -0.15) is 0 Å². The Kier molecular flexibility index (Phi) is 8.37. The highest BCUT2D eigenvalue weighted by molar-refractivity contribution is 5.91. The highest BCUT2D eigenvalue weighted by Gasteiger charge is 2.21. The standard InChI is InChI=1S/C29H35N3O3/c1-3-35-29(34)26-20-27(25-13-11-23(2)12-14-25)32(22-26)15-7-10-28(33)31-18-16-30(17-19-31)21-24-8-5-4-6-9-24/h4-6,8-9,11-14,20,22H,3,7,10,15-19,21H2,1-2H3. The van der Waals surface area contributed by atoms with E-state index in [4.69, 9.17) is 4.74 Å². The molecule has 2 aromatic carbocycles. The Balaban J connectivity index is 1.32. The number of nitrogens with zero attached hydrogens (tertiary/aromatic N) is 3. The molecule has 1 amide bonds. The lowest BCUT2D eigenvalue weighted by molar-refractivity contribution is -0.133. The van der Waals surface area contributed by atoms with Gasteiger partial charge in [0.25, 0.3) is 0 Å². The third kappa shape index (κ3) is 6.61. The molecule has 1 saturated heterocycles. The molecule has 0 spiro atoms. The molecule has 1 aliphatic heterocycles. The van der Waals surface area contributed by atoms with Crippen LogP contribution in [-0.2, 0) is 22.6 Å². The van der Waals surface area contributed by atoms with E-state index in [2.05, 4.69) is 64.9 Å². The van der Waals surface area contributed by atoms with Crippen molar-refractivity contribution < 1.29 is 14.3 Å². The molecule has 6 nitrogen and oxygen atoms in total. The van der Waals surface area contributed by atoms with E-state index in [0.717, 1.165) is 50.4 Å². The van der Waals surface area contributed by atoms with Crippen LogP contribution in [-0.4, -0.2) is 59.0 Å². The van der Waals surface area contributed by atoms with Gasteiger partial charge in [-0.25, -0.2) is 4.79 Å². The normalized spacial score (nSPS) is 14.2. The highest BCUT2D eigenvalue weighted by Crippen LogP contribution is 2.24. The second-order valence-electron chi connectivity index (χ2n) is 9.14. The number of rotatable bonds is 9. The maximum atomic E-state index is 12.9. The molecule has 4 rings (SSSR count).